The summed E-state index contributed by atoms with van der Waals surface area (Å²) in [5.74, 6) is 1.13. The summed E-state index contributed by atoms with van der Waals surface area (Å²) < 4.78 is 10.4. The third kappa shape index (κ3) is 3.27. The number of nitrogens with zero attached hydrogens (tertiary/aromatic N) is 1. The first-order chi connectivity index (χ1) is 8.49. The third-order valence-corrected chi connectivity index (χ3v) is 2.51. The van der Waals surface area contributed by atoms with Gasteiger partial charge in [-0.15, -0.1) is 5.10 Å². The normalized spacial score (nSPS) is 11.0. The average Bonchev–Trinajstić information content (AvgIpc) is 2.35. The van der Waals surface area contributed by atoms with Crippen molar-refractivity contribution in [2.45, 2.75) is 6.92 Å². The molecule has 98 valence electrons. The van der Waals surface area contributed by atoms with Crippen molar-refractivity contribution in [3.63, 3.8) is 0 Å². The van der Waals surface area contributed by atoms with E-state index < -0.39 is 0 Å². The monoisotopic (exact) mass is 271 g/mol. The highest BCUT2D eigenvalue weighted by Crippen LogP contribution is 2.32. The van der Waals surface area contributed by atoms with Gasteiger partial charge in [-0.1, -0.05) is 11.6 Å². The highest BCUT2D eigenvalue weighted by molar-refractivity contribution is 6.32. The summed E-state index contributed by atoms with van der Waals surface area (Å²) in [6.45, 7) is 1.77. The Hall–Kier alpha value is -1.95. The molecular weight excluding hydrogens is 256 g/mol. The number of rotatable bonds is 4. The lowest BCUT2D eigenvalue weighted by Gasteiger charge is -2.11. The number of halogens is 1. The van der Waals surface area contributed by atoms with Crippen molar-refractivity contribution in [3.8, 4) is 11.5 Å². The number of nitrogens with one attached hydrogen (secondary N) is 1. The minimum absolute atomic E-state index is 0.00734. The first-order valence-electron chi connectivity index (χ1n) is 5.09. The maximum atomic E-state index is 6.05. The lowest BCUT2D eigenvalue weighted by atomic mass is 10.1. The van der Waals surface area contributed by atoms with Crippen LogP contribution in [0.15, 0.2) is 17.2 Å². The van der Waals surface area contributed by atoms with Crippen molar-refractivity contribution in [1.82, 2.24) is 0 Å². The van der Waals surface area contributed by atoms with Crippen LogP contribution < -0.4 is 26.0 Å². The van der Waals surface area contributed by atoms with Crippen LogP contribution in [-0.4, -0.2) is 25.9 Å². The number of nitrogens with two attached hydrogens (primary N) is 2. The highest BCUT2D eigenvalue weighted by atomic mass is 35.5. The molecule has 0 aliphatic heterocycles. The molecule has 0 radical (unpaired) electrons. The molecule has 0 fully saturated rings. The molecule has 0 saturated heterocycles. The van der Waals surface area contributed by atoms with E-state index in [-0.39, 0.29) is 5.96 Å². The molecule has 1 aromatic carbocycles. The van der Waals surface area contributed by atoms with Crippen LogP contribution in [-0.2, 0) is 0 Å². The quantitative estimate of drug-likeness (QED) is 0.388. The number of hydrogen-bond donors (Lipinski definition) is 3. The Labute approximate surface area is 110 Å². The molecule has 7 heteroatoms. The van der Waals surface area contributed by atoms with Crippen LogP contribution in [0.25, 0.3) is 0 Å². The summed E-state index contributed by atoms with van der Waals surface area (Å²) >= 11 is 6.05. The zero-order valence-electron chi connectivity index (χ0n) is 10.5. The Kier molecular flexibility index (Phi) is 4.79. The Morgan fingerprint density at radius 2 is 1.83 bits per heavy atom. The van der Waals surface area contributed by atoms with Crippen LogP contribution in [0.5, 0.6) is 11.5 Å². The fourth-order valence-electron chi connectivity index (χ4n) is 1.35. The number of benzene rings is 1. The second kappa shape index (κ2) is 6.11. The predicted molar refractivity (Wildman–Crippen MR) is 71.1 cm³/mol. The third-order valence-electron chi connectivity index (χ3n) is 2.22. The van der Waals surface area contributed by atoms with Crippen molar-refractivity contribution in [2.24, 2.45) is 16.6 Å². The van der Waals surface area contributed by atoms with E-state index in [4.69, 9.17) is 32.5 Å². The zero-order valence-corrected chi connectivity index (χ0v) is 11.2. The lowest BCUT2D eigenvalue weighted by Crippen LogP contribution is -2.72. The van der Waals surface area contributed by atoms with Crippen molar-refractivity contribution in [3.05, 3.63) is 22.7 Å². The second-order valence-corrected chi connectivity index (χ2v) is 3.86. The molecule has 5 N–H and O–H groups in total. The SMILES string of the molecule is COc1cc(OC)c(/C(C)=N\[NH+]=C(N)N)cc1Cl. The fraction of sp³-hybridized carbons (Fsp3) is 0.273. The topological polar surface area (TPSA) is 96.8 Å². The van der Waals surface area contributed by atoms with Crippen LogP contribution in [0, 0.1) is 0 Å². The van der Waals surface area contributed by atoms with Crippen LogP contribution in [0.2, 0.25) is 5.02 Å². The second-order valence-electron chi connectivity index (χ2n) is 3.45. The average molecular weight is 272 g/mol. The Morgan fingerprint density at radius 1 is 1.22 bits per heavy atom. The molecule has 0 atom stereocenters. The molecule has 0 aliphatic carbocycles. The molecule has 0 spiro atoms. The molecule has 0 aliphatic rings. The van der Waals surface area contributed by atoms with Gasteiger partial charge in [-0.2, -0.15) is 5.10 Å². The van der Waals surface area contributed by atoms with Gasteiger partial charge in [0.15, 0.2) is 0 Å². The molecule has 1 rings (SSSR count). The molecule has 1 aromatic rings. The van der Waals surface area contributed by atoms with Gasteiger partial charge in [0.1, 0.15) is 11.5 Å². The molecule has 0 heterocycles. The van der Waals surface area contributed by atoms with Gasteiger partial charge in [0.25, 0.3) is 0 Å². The van der Waals surface area contributed by atoms with E-state index >= 15 is 0 Å². The molecule has 0 saturated carbocycles. The van der Waals surface area contributed by atoms with Crippen molar-refractivity contribution in [2.75, 3.05) is 14.2 Å². The minimum Gasteiger partial charge on any atom is -0.496 e. The largest absolute Gasteiger partial charge is 0.496 e. The summed E-state index contributed by atoms with van der Waals surface area (Å²) in [5, 5.41) is 6.94. The van der Waals surface area contributed by atoms with Crippen molar-refractivity contribution < 1.29 is 14.6 Å². The summed E-state index contributed by atoms with van der Waals surface area (Å²) in [6, 6.07) is 3.39. The number of guanidine groups is 1. The van der Waals surface area contributed by atoms with E-state index in [2.05, 4.69) is 10.2 Å². The van der Waals surface area contributed by atoms with Crippen molar-refractivity contribution in [1.29, 1.82) is 0 Å². The zero-order chi connectivity index (χ0) is 13.7. The maximum Gasteiger partial charge on any atom is 0.362 e. The number of hydrogen-bond acceptors (Lipinski definition) is 3. The van der Waals surface area contributed by atoms with Crippen LogP contribution in [0.4, 0.5) is 0 Å². The van der Waals surface area contributed by atoms with E-state index in [1.807, 2.05) is 0 Å². The molecule has 0 bridgehead atoms. The van der Waals surface area contributed by atoms with E-state index in [0.717, 1.165) is 5.56 Å². The number of ether oxygens (including phenoxy) is 2. The van der Waals surface area contributed by atoms with E-state index in [9.17, 15) is 0 Å². The Morgan fingerprint density at radius 3 is 2.33 bits per heavy atom. The molecule has 18 heavy (non-hydrogen) atoms. The van der Waals surface area contributed by atoms with Gasteiger partial charge < -0.3 is 9.47 Å². The smallest absolute Gasteiger partial charge is 0.362 e. The van der Waals surface area contributed by atoms with Crippen LogP contribution in [0.3, 0.4) is 0 Å². The van der Waals surface area contributed by atoms with Gasteiger partial charge in [-0.3, -0.25) is 11.5 Å². The van der Waals surface area contributed by atoms with Crippen molar-refractivity contribution >= 4 is 23.3 Å². The summed E-state index contributed by atoms with van der Waals surface area (Å²) in [6.07, 6.45) is 0. The van der Waals surface area contributed by atoms with Gasteiger partial charge in [0.05, 0.1) is 25.0 Å². The van der Waals surface area contributed by atoms with E-state index in [0.29, 0.717) is 22.2 Å². The lowest BCUT2D eigenvalue weighted by molar-refractivity contribution is -0.464. The Bertz CT molecular complexity index is 496. The number of methoxy groups -OCH3 is 2. The fourth-order valence-corrected chi connectivity index (χ4v) is 1.59. The molecule has 0 unspecified atom stereocenters. The first-order valence-corrected chi connectivity index (χ1v) is 5.47. The van der Waals surface area contributed by atoms with Gasteiger partial charge in [0, 0.05) is 11.6 Å². The van der Waals surface area contributed by atoms with Gasteiger partial charge >= 0.3 is 5.96 Å². The summed E-state index contributed by atoms with van der Waals surface area (Å²) in [4.78, 5) is 0. The van der Waals surface area contributed by atoms with E-state index in [1.54, 1.807) is 26.2 Å². The molecule has 0 aromatic heterocycles. The molecule has 6 nitrogen and oxygen atoms in total. The summed E-state index contributed by atoms with van der Waals surface area (Å²) in [7, 11) is 3.09. The van der Waals surface area contributed by atoms with Crippen LogP contribution in [0.1, 0.15) is 12.5 Å². The molecular formula is C11H16ClN4O2+. The standard InChI is InChI=1S/C11H15ClN4O2/c1-6(15-16-11(13)14)7-4-8(12)10(18-3)5-9(7)17-2/h4-5H,1-3H3,(H4,13,14,16)/p+1/b15-6-. The van der Waals surface area contributed by atoms with E-state index in [1.165, 1.54) is 7.11 Å². The van der Waals surface area contributed by atoms with Crippen LogP contribution >= 0.6 is 11.6 Å². The van der Waals surface area contributed by atoms with Gasteiger partial charge in [0.2, 0.25) is 0 Å². The highest BCUT2D eigenvalue weighted by Gasteiger charge is 2.12. The number of hydrazone groups is 1. The maximum absolute atomic E-state index is 6.05. The summed E-state index contributed by atoms with van der Waals surface area (Å²) in [5.41, 5.74) is 11.9. The van der Waals surface area contributed by atoms with Gasteiger partial charge in [-0.05, 0) is 13.0 Å². The Balaban J connectivity index is 3.27. The minimum atomic E-state index is 0.00734. The molecule has 0 amide bonds. The first kappa shape index (κ1) is 14.1. The van der Waals surface area contributed by atoms with Gasteiger partial charge in [-0.25, -0.2) is 0 Å². The predicted octanol–water partition coefficient (Wildman–Crippen LogP) is -0.565.